The van der Waals surface area contributed by atoms with E-state index in [2.05, 4.69) is 12.2 Å². The van der Waals surface area contributed by atoms with Crippen LogP contribution in [0.3, 0.4) is 0 Å². The van der Waals surface area contributed by atoms with Crippen molar-refractivity contribution in [2.75, 3.05) is 5.32 Å². The lowest BCUT2D eigenvalue weighted by molar-refractivity contribution is 0.252. The van der Waals surface area contributed by atoms with Crippen LogP contribution in [-0.4, -0.2) is 11.8 Å². The lowest BCUT2D eigenvalue weighted by Gasteiger charge is -2.16. The molecule has 1 rings (SSSR count). The highest BCUT2D eigenvalue weighted by Crippen LogP contribution is 2.31. The summed E-state index contributed by atoms with van der Waals surface area (Å²) in [6, 6.07) is 7.45. The molecule has 1 nitrogen and oxygen atoms in total. The molecule has 1 aromatic rings. The number of halogens is 2. The minimum absolute atomic E-state index is 0.296. The maximum absolute atomic E-state index is 12.3. The summed E-state index contributed by atoms with van der Waals surface area (Å²) < 4.78 is 24.5. The van der Waals surface area contributed by atoms with Gasteiger partial charge in [0.25, 0.3) is 5.76 Å². The van der Waals surface area contributed by atoms with Crippen LogP contribution < -0.4 is 5.32 Å². The van der Waals surface area contributed by atoms with Crippen LogP contribution in [0.5, 0.6) is 0 Å². The summed E-state index contributed by atoms with van der Waals surface area (Å²) in [7, 11) is 0. The van der Waals surface area contributed by atoms with Gasteiger partial charge in [0.05, 0.1) is 0 Å². The molecule has 0 saturated heterocycles. The molecule has 0 heterocycles. The van der Waals surface area contributed by atoms with Crippen LogP contribution in [0, 0.1) is 0 Å². The molecule has 0 aliphatic rings. The van der Waals surface area contributed by atoms with Gasteiger partial charge in [0.2, 0.25) is 0 Å². The highest BCUT2D eigenvalue weighted by molar-refractivity contribution is 7.99. The van der Waals surface area contributed by atoms with Gasteiger partial charge in [0, 0.05) is 16.6 Å². The van der Waals surface area contributed by atoms with Gasteiger partial charge in [-0.3, -0.25) is 0 Å². The predicted molar refractivity (Wildman–Crippen MR) is 61.7 cm³/mol. The van der Waals surface area contributed by atoms with Gasteiger partial charge in [0.1, 0.15) is 0 Å². The summed E-state index contributed by atoms with van der Waals surface area (Å²) in [5.74, 6) is -2.37. The molecule has 0 aliphatic carbocycles. The van der Waals surface area contributed by atoms with E-state index >= 15 is 0 Å². The Bertz CT molecular complexity index is 304. The number of anilines is 1. The van der Waals surface area contributed by atoms with Crippen molar-refractivity contribution in [2.45, 2.75) is 37.0 Å². The average Bonchev–Trinajstić information content (AvgIpc) is 2.20. The number of thioether (sulfide) groups is 1. The molecular formula is C11H15F2NS. The second-order valence-electron chi connectivity index (χ2n) is 3.33. The number of para-hydroxylation sites is 1. The summed E-state index contributed by atoms with van der Waals surface area (Å²) in [6.45, 7) is 4.09. The van der Waals surface area contributed by atoms with E-state index in [1.54, 1.807) is 12.1 Å². The molecule has 1 N–H and O–H groups in total. The standard InChI is InChI=1S/C11H15F2NS/c1-3-8(2)14-9-6-4-5-7-10(9)15-11(12)13/h4-8,11,14H,3H2,1-2H3. The Kier molecular flexibility index (Phi) is 4.88. The largest absolute Gasteiger partial charge is 0.382 e. The second-order valence-corrected chi connectivity index (χ2v) is 4.36. The van der Waals surface area contributed by atoms with Crippen LogP contribution in [0.2, 0.25) is 0 Å². The van der Waals surface area contributed by atoms with Crippen molar-refractivity contribution in [3.8, 4) is 0 Å². The van der Waals surface area contributed by atoms with Gasteiger partial charge in [0.15, 0.2) is 0 Å². The molecule has 1 atom stereocenters. The van der Waals surface area contributed by atoms with Crippen LogP contribution in [0.4, 0.5) is 14.5 Å². The highest BCUT2D eigenvalue weighted by Gasteiger charge is 2.10. The van der Waals surface area contributed by atoms with Crippen LogP contribution >= 0.6 is 11.8 Å². The molecule has 0 aliphatic heterocycles. The van der Waals surface area contributed by atoms with E-state index < -0.39 is 5.76 Å². The van der Waals surface area contributed by atoms with Gasteiger partial charge in [-0.25, -0.2) is 0 Å². The Morgan fingerprint density at radius 3 is 2.60 bits per heavy atom. The minimum Gasteiger partial charge on any atom is -0.382 e. The first-order valence-corrected chi connectivity index (χ1v) is 5.81. The second kappa shape index (κ2) is 5.95. The zero-order valence-corrected chi connectivity index (χ0v) is 9.65. The fraction of sp³-hybridized carbons (Fsp3) is 0.455. The van der Waals surface area contributed by atoms with Crippen LogP contribution in [0.15, 0.2) is 29.2 Å². The van der Waals surface area contributed by atoms with E-state index in [4.69, 9.17) is 0 Å². The normalized spacial score (nSPS) is 12.9. The van der Waals surface area contributed by atoms with Crippen molar-refractivity contribution in [3.05, 3.63) is 24.3 Å². The molecule has 0 amide bonds. The highest BCUT2D eigenvalue weighted by atomic mass is 32.2. The summed E-state index contributed by atoms with van der Waals surface area (Å²) in [5.41, 5.74) is 0.789. The van der Waals surface area contributed by atoms with Crippen molar-refractivity contribution in [1.82, 2.24) is 0 Å². The molecule has 1 unspecified atom stereocenters. The third kappa shape index (κ3) is 4.08. The number of alkyl halides is 2. The number of rotatable bonds is 5. The molecule has 1 aromatic carbocycles. The Hall–Kier alpha value is -0.770. The van der Waals surface area contributed by atoms with E-state index in [9.17, 15) is 8.78 Å². The van der Waals surface area contributed by atoms with E-state index in [0.717, 1.165) is 12.1 Å². The monoisotopic (exact) mass is 231 g/mol. The van der Waals surface area contributed by atoms with Crippen molar-refractivity contribution >= 4 is 17.4 Å². The lowest BCUT2D eigenvalue weighted by Crippen LogP contribution is -2.13. The molecule has 84 valence electrons. The van der Waals surface area contributed by atoms with Gasteiger partial charge < -0.3 is 5.32 Å². The van der Waals surface area contributed by atoms with Crippen LogP contribution in [-0.2, 0) is 0 Å². The summed E-state index contributed by atoms with van der Waals surface area (Å²) in [4.78, 5) is 0.604. The van der Waals surface area contributed by atoms with Crippen LogP contribution in [0.25, 0.3) is 0 Å². The summed E-state index contributed by atoms with van der Waals surface area (Å²) in [5, 5.41) is 3.21. The fourth-order valence-electron chi connectivity index (χ4n) is 1.15. The van der Waals surface area contributed by atoms with Gasteiger partial charge in [-0.15, -0.1) is 0 Å². The Morgan fingerprint density at radius 1 is 1.33 bits per heavy atom. The average molecular weight is 231 g/mol. The van der Waals surface area contributed by atoms with Gasteiger partial charge in [-0.1, -0.05) is 30.8 Å². The Morgan fingerprint density at radius 2 is 2.00 bits per heavy atom. The van der Waals surface area contributed by atoms with Gasteiger partial charge in [-0.05, 0) is 25.5 Å². The van der Waals surface area contributed by atoms with Crippen molar-refractivity contribution < 1.29 is 8.78 Å². The quantitative estimate of drug-likeness (QED) is 0.762. The third-order valence-corrected chi connectivity index (χ3v) is 2.91. The molecule has 0 radical (unpaired) electrons. The molecule has 0 spiro atoms. The molecule has 0 saturated carbocycles. The van der Waals surface area contributed by atoms with Crippen molar-refractivity contribution in [3.63, 3.8) is 0 Å². The fourth-order valence-corrected chi connectivity index (χ4v) is 1.76. The number of hydrogen-bond acceptors (Lipinski definition) is 2. The smallest absolute Gasteiger partial charge is 0.288 e. The molecule has 0 aromatic heterocycles. The van der Waals surface area contributed by atoms with Gasteiger partial charge in [-0.2, -0.15) is 8.78 Å². The minimum atomic E-state index is -2.37. The zero-order valence-electron chi connectivity index (χ0n) is 8.84. The van der Waals surface area contributed by atoms with E-state index in [1.165, 1.54) is 0 Å². The maximum Gasteiger partial charge on any atom is 0.288 e. The first-order chi connectivity index (χ1) is 7.13. The first-order valence-electron chi connectivity index (χ1n) is 4.93. The lowest BCUT2D eigenvalue weighted by atomic mass is 10.2. The van der Waals surface area contributed by atoms with Gasteiger partial charge >= 0.3 is 0 Å². The first kappa shape index (κ1) is 12.3. The van der Waals surface area contributed by atoms with Crippen molar-refractivity contribution in [2.24, 2.45) is 0 Å². The number of nitrogens with one attached hydrogen (secondary N) is 1. The number of benzene rings is 1. The summed E-state index contributed by atoms with van der Waals surface area (Å²) >= 11 is 0.582. The third-order valence-electron chi connectivity index (χ3n) is 2.12. The molecule has 0 bridgehead atoms. The van der Waals surface area contributed by atoms with E-state index in [-0.39, 0.29) is 0 Å². The van der Waals surface area contributed by atoms with Crippen LogP contribution in [0.1, 0.15) is 20.3 Å². The number of hydrogen-bond donors (Lipinski definition) is 1. The molecule has 15 heavy (non-hydrogen) atoms. The SMILES string of the molecule is CCC(C)Nc1ccccc1SC(F)F. The maximum atomic E-state index is 12.3. The predicted octanol–water partition coefficient (Wildman–Crippen LogP) is 4.21. The molecular weight excluding hydrogens is 216 g/mol. The molecule has 0 fully saturated rings. The van der Waals surface area contributed by atoms with E-state index in [0.29, 0.717) is 22.7 Å². The Balaban J connectivity index is 2.76. The summed E-state index contributed by atoms with van der Waals surface area (Å²) in [6.07, 6.45) is 0.966. The molecule has 4 heteroatoms. The van der Waals surface area contributed by atoms with E-state index in [1.807, 2.05) is 19.1 Å². The Labute approximate surface area is 93.3 Å². The zero-order chi connectivity index (χ0) is 11.3. The topological polar surface area (TPSA) is 12.0 Å². The van der Waals surface area contributed by atoms with Crippen molar-refractivity contribution in [1.29, 1.82) is 0 Å².